The Balaban J connectivity index is 2.45. The number of aromatic nitrogens is 4. The van der Waals surface area contributed by atoms with Crippen molar-refractivity contribution in [2.75, 3.05) is 0 Å². The van der Waals surface area contributed by atoms with Crippen LogP contribution >= 0.6 is 15.9 Å². The minimum Gasteiger partial charge on any atom is -0.196 e. The second-order valence-corrected chi connectivity index (χ2v) is 4.06. The summed E-state index contributed by atoms with van der Waals surface area (Å²) in [5, 5.41) is 11.7. The van der Waals surface area contributed by atoms with Crippen LogP contribution in [0.1, 0.15) is 19.2 Å². The highest BCUT2D eigenvalue weighted by molar-refractivity contribution is 9.10. The van der Waals surface area contributed by atoms with Crippen molar-refractivity contribution in [1.29, 1.82) is 0 Å². The summed E-state index contributed by atoms with van der Waals surface area (Å²) in [5.74, 6) is 0.893. The number of hydrogen-bond donors (Lipinski definition) is 0. The molecule has 0 aliphatic carbocycles. The van der Waals surface area contributed by atoms with Crippen molar-refractivity contribution < 1.29 is 0 Å². The molecule has 1 aromatic carbocycles. The van der Waals surface area contributed by atoms with Gasteiger partial charge in [0.1, 0.15) is 0 Å². The van der Waals surface area contributed by atoms with Gasteiger partial charge in [0.15, 0.2) is 5.82 Å². The summed E-state index contributed by atoms with van der Waals surface area (Å²) in [4.78, 5) is 0. The summed E-state index contributed by atoms with van der Waals surface area (Å²) in [7, 11) is 0. The molecule has 0 fully saturated rings. The number of rotatable bonds is 3. The van der Waals surface area contributed by atoms with Crippen LogP contribution in [0.4, 0.5) is 0 Å². The third-order valence-electron chi connectivity index (χ3n) is 2.09. The number of tetrazole rings is 1. The lowest BCUT2D eigenvalue weighted by Crippen LogP contribution is -2.03. The Bertz CT molecular complexity index is 452. The summed E-state index contributed by atoms with van der Waals surface area (Å²) in [6.45, 7) is 2.11. The Labute approximate surface area is 96.4 Å². The predicted octanol–water partition coefficient (Wildman–Crippen LogP) is 2.38. The van der Waals surface area contributed by atoms with E-state index in [1.165, 1.54) is 0 Å². The van der Waals surface area contributed by atoms with Gasteiger partial charge in [0.25, 0.3) is 0 Å². The van der Waals surface area contributed by atoms with E-state index in [2.05, 4.69) is 38.4 Å². The summed E-state index contributed by atoms with van der Waals surface area (Å²) >= 11 is 3.49. The molecule has 2 rings (SSSR count). The van der Waals surface area contributed by atoms with Crippen LogP contribution in [0.2, 0.25) is 0 Å². The van der Waals surface area contributed by atoms with E-state index in [1.807, 2.05) is 24.3 Å². The Kier molecular flexibility index (Phi) is 3.11. The van der Waals surface area contributed by atoms with E-state index >= 15 is 0 Å². The number of aryl methyl sites for hydroxylation is 1. The van der Waals surface area contributed by atoms with Crippen LogP contribution in [0.25, 0.3) is 5.69 Å². The molecule has 0 amide bonds. The highest BCUT2D eigenvalue weighted by Gasteiger charge is 2.09. The van der Waals surface area contributed by atoms with Gasteiger partial charge in [-0.05, 0) is 44.9 Å². The molecule has 15 heavy (non-hydrogen) atoms. The number of nitrogens with zero attached hydrogens (tertiary/aromatic N) is 4. The van der Waals surface area contributed by atoms with Crippen LogP contribution in [0.15, 0.2) is 28.7 Å². The Morgan fingerprint density at radius 1 is 1.33 bits per heavy atom. The van der Waals surface area contributed by atoms with Crippen molar-refractivity contribution in [3.05, 3.63) is 34.6 Å². The van der Waals surface area contributed by atoms with Crippen LogP contribution in [0.3, 0.4) is 0 Å². The molecule has 0 spiro atoms. The highest BCUT2D eigenvalue weighted by Crippen LogP contribution is 2.20. The summed E-state index contributed by atoms with van der Waals surface area (Å²) < 4.78 is 2.77. The third-order valence-corrected chi connectivity index (χ3v) is 2.76. The molecule has 4 nitrogen and oxygen atoms in total. The van der Waals surface area contributed by atoms with E-state index in [4.69, 9.17) is 0 Å². The summed E-state index contributed by atoms with van der Waals surface area (Å²) in [6, 6.07) is 7.90. The van der Waals surface area contributed by atoms with Crippen LogP contribution < -0.4 is 0 Å². The van der Waals surface area contributed by atoms with Crippen LogP contribution in [-0.4, -0.2) is 20.2 Å². The fourth-order valence-electron chi connectivity index (χ4n) is 1.40. The monoisotopic (exact) mass is 266 g/mol. The molecule has 78 valence electrons. The van der Waals surface area contributed by atoms with Gasteiger partial charge in [-0.1, -0.05) is 19.1 Å². The van der Waals surface area contributed by atoms with Crippen LogP contribution in [0, 0.1) is 0 Å². The maximum atomic E-state index is 4.00. The molecule has 0 unspecified atom stereocenters. The van der Waals surface area contributed by atoms with Gasteiger partial charge in [-0.3, -0.25) is 0 Å². The van der Waals surface area contributed by atoms with E-state index in [9.17, 15) is 0 Å². The zero-order chi connectivity index (χ0) is 10.7. The average Bonchev–Trinajstić information content (AvgIpc) is 2.67. The smallest absolute Gasteiger partial charge is 0.156 e. The normalized spacial score (nSPS) is 10.5. The topological polar surface area (TPSA) is 43.6 Å². The molecule has 0 saturated carbocycles. The van der Waals surface area contributed by atoms with Gasteiger partial charge in [-0.15, -0.1) is 5.10 Å². The van der Waals surface area contributed by atoms with Crippen molar-refractivity contribution in [2.24, 2.45) is 0 Å². The second kappa shape index (κ2) is 4.53. The van der Waals surface area contributed by atoms with Gasteiger partial charge in [-0.25, -0.2) is 0 Å². The summed E-state index contributed by atoms with van der Waals surface area (Å²) in [5.41, 5.74) is 0.978. The molecule has 0 N–H and O–H groups in total. The Morgan fingerprint density at radius 2 is 2.13 bits per heavy atom. The zero-order valence-corrected chi connectivity index (χ0v) is 9.98. The quantitative estimate of drug-likeness (QED) is 0.857. The first-order valence-corrected chi connectivity index (χ1v) is 5.64. The molecule has 1 aromatic heterocycles. The van der Waals surface area contributed by atoms with Gasteiger partial charge in [0.2, 0.25) is 0 Å². The first kappa shape index (κ1) is 10.3. The summed E-state index contributed by atoms with van der Waals surface area (Å²) in [6.07, 6.45) is 1.92. The van der Waals surface area contributed by atoms with Gasteiger partial charge < -0.3 is 0 Å². The highest BCUT2D eigenvalue weighted by atomic mass is 79.9. The molecule has 5 heteroatoms. The van der Waals surface area contributed by atoms with E-state index in [-0.39, 0.29) is 0 Å². The van der Waals surface area contributed by atoms with Crippen molar-refractivity contribution in [3.63, 3.8) is 0 Å². The molecular formula is C10H11BrN4. The number of hydrogen-bond acceptors (Lipinski definition) is 3. The first-order valence-electron chi connectivity index (χ1n) is 4.85. The fraction of sp³-hybridized carbons (Fsp3) is 0.300. The van der Waals surface area contributed by atoms with Crippen molar-refractivity contribution in [3.8, 4) is 5.69 Å². The number of para-hydroxylation sites is 1. The van der Waals surface area contributed by atoms with Crippen molar-refractivity contribution in [2.45, 2.75) is 19.8 Å². The minimum absolute atomic E-state index is 0.883. The zero-order valence-electron chi connectivity index (χ0n) is 8.39. The maximum Gasteiger partial charge on any atom is 0.156 e. The van der Waals surface area contributed by atoms with E-state index in [0.29, 0.717) is 0 Å². The minimum atomic E-state index is 0.883. The fourth-order valence-corrected chi connectivity index (χ4v) is 1.85. The molecule has 2 aromatic rings. The first-order chi connectivity index (χ1) is 7.33. The maximum absolute atomic E-state index is 4.00. The predicted molar refractivity (Wildman–Crippen MR) is 60.8 cm³/mol. The van der Waals surface area contributed by atoms with Crippen LogP contribution in [0.5, 0.6) is 0 Å². The van der Waals surface area contributed by atoms with Crippen molar-refractivity contribution in [1.82, 2.24) is 20.2 Å². The third kappa shape index (κ3) is 2.07. The van der Waals surface area contributed by atoms with Gasteiger partial charge in [-0.2, -0.15) is 4.68 Å². The largest absolute Gasteiger partial charge is 0.196 e. The number of benzene rings is 1. The number of halogens is 1. The molecule has 1 heterocycles. The Hall–Kier alpha value is -1.23. The van der Waals surface area contributed by atoms with Crippen molar-refractivity contribution >= 4 is 15.9 Å². The lowest BCUT2D eigenvalue weighted by Gasteiger charge is -2.05. The average molecular weight is 267 g/mol. The Morgan fingerprint density at radius 3 is 2.87 bits per heavy atom. The molecule has 0 bridgehead atoms. The molecule has 0 aliphatic heterocycles. The second-order valence-electron chi connectivity index (χ2n) is 3.21. The molecule has 0 aliphatic rings. The van der Waals surface area contributed by atoms with Gasteiger partial charge >= 0.3 is 0 Å². The van der Waals surface area contributed by atoms with Crippen LogP contribution in [-0.2, 0) is 6.42 Å². The molecular weight excluding hydrogens is 256 g/mol. The molecule has 0 atom stereocenters. The van der Waals surface area contributed by atoms with Gasteiger partial charge in [0.05, 0.1) is 5.69 Å². The van der Waals surface area contributed by atoms with E-state index in [1.54, 1.807) is 4.68 Å². The molecule has 0 radical (unpaired) electrons. The SMILES string of the molecule is CCCc1nnnn1-c1ccccc1Br. The van der Waals surface area contributed by atoms with E-state index < -0.39 is 0 Å². The molecule has 0 saturated heterocycles. The lowest BCUT2D eigenvalue weighted by atomic mass is 10.3. The van der Waals surface area contributed by atoms with E-state index in [0.717, 1.165) is 28.8 Å². The van der Waals surface area contributed by atoms with Gasteiger partial charge in [0, 0.05) is 10.9 Å². The lowest BCUT2D eigenvalue weighted by molar-refractivity contribution is 0.743. The standard InChI is InChI=1S/C10H11BrN4/c1-2-5-10-12-13-14-15(10)9-7-4-3-6-8(9)11/h3-4,6-7H,2,5H2,1H3.